The third kappa shape index (κ3) is 4.52. The fraction of sp³-hybridized carbons (Fsp3) is 0.217. The largest absolute Gasteiger partial charge is 0.463 e. The van der Waals surface area contributed by atoms with Crippen molar-refractivity contribution in [2.75, 3.05) is 18.2 Å². The van der Waals surface area contributed by atoms with Gasteiger partial charge in [-0.15, -0.1) is 11.8 Å². The van der Waals surface area contributed by atoms with Gasteiger partial charge in [0.2, 0.25) is 0 Å². The van der Waals surface area contributed by atoms with E-state index in [0.717, 1.165) is 4.90 Å². The summed E-state index contributed by atoms with van der Waals surface area (Å²) in [5, 5.41) is 7.65. The van der Waals surface area contributed by atoms with E-state index in [4.69, 9.17) is 9.15 Å². The van der Waals surface area contributed by atoms with E-state index >= 15 is 0 Å². The summed E-state index contributed by atoms with van der Waals surface area (Å²) in [6.45, 7) is 3.53. The lowest BCUT2D eigenvalue weighted by Gasteiger charge is -2.10. The number of amides is 1. The van der Waals surface area contributed by atoms with Crippen LogP contribution in [0.5, 0.6) is 0 Å². The third-order valence-corrected chi connectivity index (χ3v) is 5.46. The summed E-state index contributed by atoms with van der Waals surface area (Å²) in [6, 6.07) is 12.6. The number of thioether (sulfide) groups is 1. The summed E-state index contributed by atoms with van der Waals surface area (Å²) < 4.78 is 12.5. The summed E-state index contributed by atoms with van der Waals surface area (Å²) in [4.78, 5) is 30.9. The van der Waals surface area contributed by atoms with Crippen molar-refractivity contribution < 1.29 is 18.7 Å². The number of hydrogen-bond acceptors (Lipinski definition) is 7. The first kappa shape index (κ1) is 21.6. The molecule has 0 aliphatic heterocycles. The molecule has 4 aromatic rings. The molecule has 0 atom stereocenters. The maximum absolute atomic E-state index is 12.9. The van der Waals surface area contributed by atoms with Crippen LogP contribution in [0.4, 0.5) is 5.69 Å². The number of furan rings is 1. The predicted octanol–water partition coefficient (Wildman–Crippen LogP) is 4.79. The highest BCUT2D eigenvalue weighted by molar-refractivity contribution is 7.98. The SMILES string of the molecule is CSc1cccc(NC(=O)COC(=O)c2cc(-c3ccco3)nc3c2cnn3C(C)C)c1. The van der Waals surface area contributed by atoms with Gasteiger partial charge in [-0.2, -0.15) is 5.10 Å². The highest BCUT2D eigenvalue weighted by atomic mass is 32.2. The topological polar surface area (TPSA) is 99.2 Å². The number of carbonyl (C=O) groups is 2. The monoisotopic (exact) mass is 450 g/mol. The number of fused-ring (bicyclic) bond motifs is 1. The van der Waals surface area contributed by atoms with Gasteiger partial charge >= 0.3 is 5.97 Å². The second kappa shape index (κ2) is 9.27. The number of pyridine rings is 1. The van der Waals surface area contributed by atoms with Crippen LogP contribution in [0.3, 0.4) is 0 Å². The summed E-state index contributed by atoms with van der Waals surface area (Å²) in [5.74, 6) is -0.545. The fourth-order valence-electron chi connectivity index (χ4n) is 3.22. The molecule has 0 aliphatic rings. The Morgan fingerprint density at radius 1 is 1.22 bits per heavy atom. The van der Waals surface area contributed by atoms with E-state index in [1.54, 1.807) is 46.9 Å². The van der Waals surface area contributed by atoms with Crippen molar-refractivity contribution in [2.45, 2.75) is 24.8 Å². The number of benzene rings is 1. The third-order valence-electron chi connectivity index (χ3n) is 4.74. The van der Waals surface area contributed by atoms with Gasteiger partial charge in [-0.3, -0.25) is 4.79 Å². The molecule has 0 fully saturated rings. The Labute approximate surface area is 189 Å². The van der Waals surface area contributed by atoms with Crippen LogP contribution in [0.15, 0.2) is 64.2 Å². The van der Waals surface area contributed by atoms with Crippen LogP contribution in [0.2, 0.25) is 0 Å². The number of carbonyl (C=O) groups excluding carboxylic acids is 2. The number of nitrogens with zero attached hydrogens (tertiary/aromatic N) is 3. The Hall–Kier alpha value is -3.59. The number of aromatic nitrogens is 3. The first-order valence-corrected chi connectivity index (χ1v) is 11.2. The standard InChI is InChI=1S/C23H22N4O4S/c1-14(2)27-22-18(12-24-27)17(11-19(26-22)20-8-5-9-30-20)23(29)31-13-21(28)25-15-6-4-7-16(10-15)32-3/h4-12,14H,13H2,1-3H3,(H,25,28). The molecule has 0 bridgehead atoms. The first-order valence-electron chi connectivity index (χ1n) is 9.99. The summed E-state index contributed by atoms with van der Waals surface area (Å²) in [6.07, 6.45) is 5.07. The van der Waals surface area contributed by atoms with E-state index in [1.165, 1.54) is 6.26 Å². The van der Waals surface area contributed by atoms with Crippen LogP contribution in [-0.2, 0) is 9.53 Å². The zero-order valence-corrected chi connectivity index (χ0v) is 18.7. The second-order valence-electron chi connectivity index (χ2n) is 7.31. The molecule has 1 aromatic carbocycles. The van der Waals surface area contributed by atoms with Crippen LogP contribution in [0.25, 0.3) is 22.5 Å². The predicted molar refractivity (Wildman–Crippen MR) is 123 cm³/mol. The number of nitrogens with one attached hydrogen (secondary N) is 1. The van der Waals surface area contributed by atoms with E-state index in [0.29, 0.717) is 28.2 Å². The minimum atomic E-state index is -0.637. The molecule has 164 valence electrons. The molecule has 4 rings (SSSR count). The molecule has 8 nitrogen and oxygen atoms in total. The van der Waals surface area contributed by atoms with Gasteiger partial charge in [0.1, 0.15) is 5.69 Å². The molecule has 0 saturated heterocycles. The van der Waals surface area contributed by atoms with E-state index in [-0.39, 0.29) is 11.6 Å². The zero-order valence-electron chi connectivity index (χ0n) is 17.9. The van der Waals surface area contributed by atoms with Crippen LogP contribution in [-0.4, -0.2) is 39.5 Å². The molecule has 32 heavy (non-hydrogen) atoms. The number of anilines is 1. The molecule has 1 amide bonds. The van der Waals surface area contributed by atoms with Crippen molar-refractivity contribution in [3.05, 3.63) is 60.5 Å². The molecule has 3 aromatic heterocycles. The summed E-state index contributed by atoms with van der Waals surface area (Å²) in [7, 11) is 0. The van der Waals surface area contributed by atoms with Crippen LogP contribution in [0.1, 0.15) is 30.2 Å². The van der Waals surface area contributed by atoms with E-state index in [1.807, 2.05) is 38.3 Å². The average Bonchev–Trinajstić information content (AvgIpc) is 3.47. The summed E-state index contributed by atoms with van der Waals surface area (Å²) in [5.41, 5.74) is 1.93. The highest BCUT2D eigenvalue weighted by Crippen LogP contribution is 2.27. The van der Waals surface area contributed by atoms with Crippen molar-refractivity contribution >= 4 is 40.4 Å². The second-order valence-corrected chi connectivity index (χ2v) is 8.19. The van der Waals surface area contributed by atoms with Gasteiger partial charge in [-0.1, -0.05) is 6.07 Å². The van der Waals surface area contributed by atoms with Gasteiger partial charge in [0, 0.05) is 16.6 Å². The number of esters is 1. The lowest BCUT2D eigenvalue weighted by Crippen LogP contribution is -2.21. The zero-order chi connectivity index (χ0) is 22.7. The molecular formula is C23H22N4O4S. The van der Waals surface area contributed by atoms with Gasteiger partial charge < -0.3 is 14.5 Å². The van der Waals surface area contributed by atoms with Crippen LogP contribution >= 0.6 is 11.8 Å². The van der Waals surface area contributed by atoms with Gasteiger partial charge in [0.25, 0.3) is 5.91 Å². The Kier molecular flexibility index (Phi) is 6.27. The fourth-order valence-corrected chi connectivity index (χ4v) is 3.68. The maximum Gasteiger partial charge on any atom is 0.339 e. The quantitative estimate of drug-likeness (QED) is 0.319. The minimum Gasteiger partial charge on any atom is -0.463 e. The Morgan fingerprint density at radius 3 is 2.78 bits per heavy atom. The van der Waals surface area contributed by atoms with Crippen molar-refractivity contribution in [3.8, 4) is 11.5 Å². The van der Waals surface area contributed by atoms with Gasteiger partial charge in [-0.25, -0.2) is 14.5 Å². The molecule has 0 saturated carbocycles. The number of rotatable bonds is 7. The molecule has 9 heteroatoms. The lowest BCUT2D eigenvalue weighted by molar-refractivity contribution is -0.119. The first-order chi connectivity index (χ1) is 15.5. The smallest absolute Gasteiger partial charge is 0.339 e. The van der Waals surface area contributed by atoms with Gasteiger partial charge in [-0.05, 0) is 56.5 Å². The average molecular weight is 451 g/mol. The molecule has 0 unspecified atom stereocenters. The Morgan fingerprint density at radius 2 is 2.06 bits per heavy atom. The normalized spacial score (nSPS) is 11.1. The van der Waals surface area contributed by atoms with Crippen molar-refractivity contribution in [1.29, 1.82) is 0 Å². The molecule has 0 radical (unpaired) electrons. The van der Waals surface area contributed by atoms with Crippen molar-refractivity contribution in [2.24, 2.45) is 0 Å². The Balaban J connectivity index is 1.56. The number of ether oxygens (including phenoxy) is 1. The van der Waals surface area contributed by atoms with Crippen molar-refractivity contribution in [3.63, 3.8) is 0 Å². The molecule has 3 heterocycles. The highest BCUT2D eigenvalue weighted by Gasteiger charge is 2.21. The maximum atomic E-state index is 12.9. The summed E-state index contributed by atoms with van der Waals surface area (Å²) >= 11 is 1.57. The van der Waals surface area contributed by atoms with Crippen LogP contribution < -0.4 is 5.32 Å². The molecule has 1 N–H and O–H groups in total. The van der Waals surface area contributed by atoms with Crippen LogP contribution in [0, 0.1) is 0 Å². The molecular weight excluding hydrogens is 428 g/mol. The lowest BCUT2D eigenvalue weighted by atomic mass is 10.1. The molecule has 0 spiro atoms. The van der Waals surface area contributed by atoms with E-state index in [2.05, 4.69) is 15.4 Å². The Bertz CT molecular complexity index is 1260. The minimum absolute atomic E-state index is 0.0403. The van der Waals surface area contributed by atoms with Crippen molar-refractivity contribution in [1.82, 2.24) is 14.8 Å². The van der Waals surface area contributed by atoms with E-state index in [9.17, 15) is 9.59 Å². The molecule has 0 aliphatic carbocycles. The number of hydrogen-bond donors (Lipinski definition) is 1. The van der Waals surface area contributed by atoms with Gasteiger partial charge in [0.05, 0.1) is 23.4 Å². The van der Waals surface area contributed by atoms with Gasteiger partial charge in [0.15, 0.2) is 18.0 Å². The van der Waals surface area contributed by atoms with E-state index < -0.39 is 18.5 Å².